The first kappa shape index (κ1) is 13.6. The van der Waals surface area contributed by atoms with Crippen molar-refractivity contribution in [3.8, 4) is 0 Å². The average molecular weight is 268 g/mol. The summed E-state index contributed by atoms with van der Waals surface area (Å²) < 4.78 is 0. The van der Waals surface area contributed by atoms with E-state index in [1.165, 1.54) is 54.4 Å². The van der Waals surface area contributed by atoms with E-state index in [9.17, 15) is 0 Å². The lowest BCUT2D eigenvalue weighted by Gasteiger charge is -2.28. The minimum Gasteiger partial charge on any atom is -0.299 e. The fraction of sp³-hybridized carbons (Fsp3) is 0.500. The first-order valence-corrected chi connectivity index (χ1v) is 7.84. The molecule has 0 bridgehead atoms. The Balaban J connectivity index is 1.98. The maximum Gasteiger partial charge on any atom is 0.0739 e. The quantitative estimate of drug-likeness (QED) is 0.823. The van der Waals surface area contributed by atoms with Crippen molar-refractivity contribution in [2.45, 2.75) is 45.6 Å². The second kappa shape index (κ2) is 5.92. The van der Waals surface area contributed by atoms with Crippen molar-refractivity contribution in [3.05, 3.63) is 41.6 Å². The number of likely N-dealkylation sites (tertiary alicyclic amines) is 1. The first-order chi connectivity index (χ1) is 9.75. The van der Waals surface area contributed by atoms with E-state index in [-0.39, 0.29) is 0 Å². The number of piperidine rings is 1. The number of hydrogen-bond donors (Lipinski definition) is 0. The third-order valence-corrected chi connectivity index (χ3v) is 4.32. The van der Waals surface area contributed by atoms with E-state index in [2.05, 4.69) is 41.9 Å². The molecule has 1 fully saturated rings. The van der Waals surface area contributed by atoms with E-state index in [4.69, 9.17) is 0 Å². The first-order valence-electron chi connectivity index (χ1n) is 7.84. The average Bonchev–Trinajstić information content (AvgIpc) is 2.47. The molecule has 0 N–H and O–H groups in total. The van der Waals surface area contributed by atoms with Gasteiger partial charge in [0.25, 0.3) is 0 Å². The molecule has 3 rings (SSSR count). The Morgan fingerprint density at radius 1 is 1.10 bits per heavy atom. The zero-order valence-electron chi connectivity index (χ0n) is 12.6. The molecule has 2 aromatic rings. The maximum atomic E-state index is 4.64. The van der Waals surface area contributed by atoms with Crippen LogP contribution < -0.4 is 0 Å². The standard InChI is InChI=1S/C18H24N2/c1-14(2)17-16(13-20-11-4-3-5-12-20)9-8-15-7-6-10-19-18(15)17/h6-10,14H,3-5,11-13H2,1-2H3. The number of rotatable bonds is 3. The van der Waals surface area contributed by atoms with Crippen LogP contribution in [-0.4, -0.2) is 23.0 Å². The number of fused-ring (bicyclic) bond motifs is 1. The second-order valence-corrected chi connectivity index (χ2v) is 6.20. The highest BCUT2D eigenvalue weighted by Gasteiger charge is 2.16. The van der Waals surface area contributed by atoms with Gasteiger partial charge in [0.15, 0.2) is 0 Å². The van der Waals surface area contributed by atoms with Crippen molar-refractivity contribution in [2.24, 2.45) is 0 Å². The van der Waals surface area contributed by atoms with Crippen LogP contribution in [0.1, 0.15) is 50.2 Å². The van der Waals surface area contributed by atoms with Crippen LogP contribution in [0.4, 0.5) is 0 Å². The van der Waals surface area contributed by atoms with Gasteiger partial charge in [-0.2, -0.15) is 0 Å². The Morgan fingerprint density at radius 3 is 2.65 bits per heavy atom. The molecule has 1 aromatic heterocycles. The van der Waals surface area contributed by atoms with Gasteiger partial charge in [-0.15, -0.1) is 0 Å². The number of hydrogen-bond acceptors (Lipinski definition) is 2. The zero-order chi connectivity index (χ0) is 13.9. The van der Waals surface area contributed by atoms with Crippen molar-refractivity contribution in [1.82, 2.24) is 9.88 Å². The van der Waals surface area contributed by atoms with Crippen LogP contribution in [-0.2, 0) is 6.54 Å². The molecule has 0 radical (unpaired) electrons. The summed E-state index contributed by atoms with van der Waals surface area (Å²) in [7, 11) is 0. The summed E-state index contributed by atoms with van der Waals surface area (Å²) in [5.74, 6) is 0.522. The van der Waals surface area contributed by atoms with Gasteiger partial charge in [-0.3, -0.25) is 9.88 Å². The molecule has 2 heterocycles. The van der Waals surface area contributed by atoms with Gasteiger partial charge in [0, 0.05) is 18.1 Å². The molecule has 2 heteroatoms. The van der Waals surface area contributed by atoms with Crippen LogP contribution in [0.2, 0.25) is 0 Å². The molecule has 0 atom stereocenters. The Morgan fingerprint density at radius 2 is 1.90 bits per heavy atom. The number of nitrogens with zero attached hydrogens (tertiary/aromatic N) is 2. The number of aromatic nitrogens is 1. The minimum atomic E-state index is 0.522. The normalized spacial score (nSPS) is 16.9. The van der Waals surface area contributed by atoms with Crippen molar-refractivity contribution >= 4 is 10.9 Å². The van der Waals surface area contributed by atoms with E-state index in [0.29, 0.717) is 5.92 Å². The SMILES string of the molecule is CC(C)c1c(CN2CCCCC2)ccc2cccnc12. The molecule has 0 saturated carbocycles. The number of pyridine rings is 1. The molecule has 0 unspecified atom stereocenters. The summed E-state index contributed by atoms with van der Waals surface area (Å²) in [6, 6.07) is 8.73. The molecule has 20 heavy (non-hydrogen) atoms. The van der Waals surface area contributed by atoms with Crippen LogP contribution in [0.25, 0.3) is 10.9 Å². The minimum absolute atomic E-state index is 0.522. The van der Waals surface area contributed by atoms with Crippen LogP contribution in [0.3, 0.4) is 0 Å². The smallest absolute Gasteiger partial charge is 0.0739 e. The van der Waals surface area contributed by atoms with E-state index in [0.717, 1.165) is 6.54 Å². The van der Waals surface area contributed by atoms with Crippen molar-refractivity contribution in [1.29, 1.82) is 0 Å². The molecule has 2 nitrogen and oxygen atoms in total. The van der Waals surface area contributed by atoms with Gasteiger partial charge in [0.2, 0.25) is 0 Å². The van der Waals surface area contributed by atoms with Gasteiger partial charge >= 0.3 is 0 Å². The molecule has 1 aliphatic rings. The Kier molecular flexibility index (Phi) is 4.02. The lowest BCUT2D eigenvalue weighted by atomic mass is 9.93. The van der Waals surface area contributed by atoms with Gasteiger partial charge in [-0.05, 0) is 49.0 Å². The van der Waals surface area contributed by atoms with Crippen LogP contribution >= 0.6 is 0 Å². The summed E-state index contributed by atoms with van der Waals surface area (Å²) in [4.78, 5) is 7.23. The third-order valence-electron chi connectivity index (χ3n) is 4.32. The lowest BCUT2D eigenvalue weighted by Crippen LogP contribution is -2.29. The molecule has 1 aromatic carbocycles. The second-order valence-electron chi connectivity index (χ2n) is 6.20. The molecular formula is C18H24N2. The maximum absolute atomic E-state index is 4.64. The molecule has 0 aliphatic carbocycles. The Bertz CT molecular complexity index is 583. The van der Waals surface area contributed by atoms with Crippen LogP contribution in [0, 0.1) is 0 Å². The highest BCUT2D eigenvalue weighted by Crippen LogP contribution is 2.29. The predicted octanol–water partition coefficient (Wildman–Crippen LogP) is 4.34. The van der Waals surface area contributed by atoms with E-state index < -0.39 is 0 Å². The predicted molar refractivity (Wildman–Crippen MR) is 85.0 cm³/mol. The molecule has 1 aliphatic heterocycles. The number of benzene rings is 1. The third kappa shape index (κ3) is 2.71. The fourth-order valence-corrected chi connectivity index (χ4v) is 3.35. The largest absolute Gasteiger partial charge is 0.299 e. The van der Waals surface area contributed by atoms with Gasteiger partial charge in [0.1, 0.15) is 0 Å². The van der Waals surface area contributed by atoms with Crippen LogP contribution in [0.5, 0.6) is 0 Å². The van der Waals surface area contributed by atoms with Crippen LogP contribution in [0.15, 0.2) is 30.5 Å². The molecule has 1 saturated heterocycles. The van der Waals surface area contributed by atoms with Gasteiger partial charge < -0.3 is 0 Å². The topological polar surface area (TPSA) is 16.1 Å². The van der Waals surface area contributed by atoms with Crippen molar-refractivity contribution in [2.75, 3.05) is 13.1 Å². The van der Waals surface area contributed by atoms with E-state index >= 15 is 0 Å². The van der Waals surface area contributed by atoms with Gasteiger partial charge in [-0.25, -0.2) is 0 Å². The molecule has 0 amide bonds. The summed E-state index contributed by atoms with van der Waals surface area (Å²) in [5.41, 5.74) is 4.10. The van der Waals surface area contributed by atoms with Crippen molar-refractivity contribution in [3.63, 3.8) is 0 Å². The Labute approximate surface area is 121 Å². The highest BCUT2D eigenvalue weighted by molar-refractivity contribution is 5.83. The summed E-state index contributed by atoms with van der Waals surface area (Å²) in [6.07, 6.45) is 6.01. The summed E-state index contributed by atoms with van der Waals surface area (Å²) in [6.45, 7) is 8.14. The van der Waals surface area contributed by atoms with Crippen molar-refractivity contribution < 1.29 is 0 Å². The van der Waals surface area contributed by atoms with E-state index in [1.54, 1.807) is 0 Å². The van der Waals surface area contributed by atoms with E-state index in [1.807, 2.05) is 12.3 Å². The summed E-state index contributed by atoms with van der Waals surface area (Å²) >= 11 is 0. The summed E-state index contributed by atoms with van der Waals surface area (Å²) in [5, 5.41) is 1.26. The lowest BCUT2D eigenvalue weighted by molar-refractivity contribution is 0.220. The highest BCUT2D eigenvalue weighted by atomic mass is 15.1. The Hall–Kier alpha value is -1.41. The van der Waals surface area contributed by atoms with Gasteiger partial charge in [0.05, 0.1) is 5.52 Å². The fourth-order valence-electron chi connectivity index (χ4n) is 3.35. The molecular weight excluding hydrogens is 244 g/mol. The molecule has 106 valence electrons. The monoisotopic (exact) mass is 268 g/mol. The zero-order valence-corrected chi connectivity index (χ0v) is 12.6. The molecule has 0 spiro atoms. The van der Waals surface area contributed by atoms with Gasteiger partial charge in [-0.1, -0.05) is 38.5 Å².